The molecule has 0 aliphatic carbocycles. The standard InChI is InChI=1S/C21H16ClN5O/c1-3-17-24-21-18(20-23-15-6-4-5-7-16(15)26(17)20)19(28)12(2)25-27(21)14-10-8-13(22)9-11-14/h4-11H,3H2,1-2H3. The van der Waals surface area contributed by atoms with E-state index in [-0.39, 0.29) is 5.43 Å². The third-order valence-corrected chi connectivity index (χ3v) is 5.15. The normalized spacial score (nSPS) is 11.7. The van der Waals surface area contributed by atoms with Crippen molar-refractivity contribution in [3.05, 3.63) is 75.3 Å². The predicted molar refractivity (Wildman–Crippen MR) is 111 cm³/mol. The Labute approximate surface area is 165 Å². The SMILES string of the molecule is CCc1nc2c(c(=O)c(C)nn2-c2ccc(Cl)cc2)c2nc3ccccc3n12. The van der Waals surface area contributed by atoms with Crippen molar-refractivity contribution in [1.29, 1.82) is 0 Å². The quantitative estimate of drug-likeness (QED) is 0.456. The Morgan fingerprint density at radius 3 is 2.50 bits per heavy atom. The highest BCUT2D eigenvalue weighted by Crippen LogP contribution is 2.25. The van der Waals surface area contributed by atoms with Gasteiger partial charge in [0.25, 0.3) is 0 Å². The van der Waals surface area contributed by atoms with Crippen LogP contribution in [-0.4, -0.2) is 24.1 Å². The lowest BCUT2D eigenvalue weighted by atomic mass is 10.2. The van der Waals surface area contributed by atoms with Gasteiger partial charge in [-0.15, -0.1) is 0 Å². The lowest BCUT2D eigenvalue weighted by Crippen LogP contribution is -2.19. The van der Waals surface area contributed by atoms with Gasteiger partial charge < -0.3 is 0 Å². The highest BCUT2D eigenvalue weighted by molar-refractivity contribution is 6.30. The van der Waals surface area contributed by atoms with Gasteiger partial charge in [-0.3, -0.25) is 9.20 Å². The molecule has 0 amide bonds. The number of nitrogens with zero attached hydrogens (tertiary/aromatic N) is 5. The Bertz CT molecular complexity index is 1430. The molecule has 0 saturated heterocycles. The second-order valence-corrected chi connectivity index (χ2v) is 7.08. The molecular weight excluding hydrogens is 374 g/mol. The second-order valence-electron chi connectivity index (χ2n) is 6.64. The fraction of sp³-hybridized carbons (Fsp3) is 0.143. The van der Waals surface area contributed by atoms with Gasteiger partial charge in [0.05, 0.1) is 16.7 Å². The van der Waals surface area contributed by atoms with E-state index in [1.165, 1.54) is 0 Å². The topological polar surface area (TPSA) is 65.1 Å². The molecule has 0 saturated carbocycles. The summed E-state index contributed by atoms with van der Waals surface area (Å²) in [7, 11) is 0. The lowest BCUT2D eigenvalue weighted by molar-refractivity contribution is 0.818. The highest BCUT2D eigenvalue weighted by Gasteiger charge is 2.19. The van der Waals surface area contributed by atoms with Gasteiger partial charge in [0, 0.05) is 11.4 Å². The van der Waals surface area contributed by atoms with Crippen molar-refractivity contribution in [2.75, 3.05) is 0 Å². The molecule has 0 aliphatic rings. The fourth-order valence-corrected chi connectivity index (χ4v) is 3.69. The van der Waals surface area contributed by atoms with Crippen LogP contribution in [0.15, 0.2) is 53.3 Å². The molecular formula is C21H16ClN5O. The van der Waals surface area contributed by atoms with Crippen LogP contribution in [0.25, 0.3) is 33.4 Å². The Balaban J connectivity index is 2.02. The lowest BCUT2D eigenvalue weighted by Gasteiger charge is -2.13. The Hall–Kier alpha value is -3.25. The first-order valence-electron chi connectivity index (χ1n) is 9.04. The molecule has 0 bridgehead atoms. The Kier molecular flexibility index (Phi) is 3.70. The number of aromatic nitrogens is 5. The zero-order chi connectivity index (χ0) is 19.4. The summed E-state index contributed by atoms with van der Waals surface area (Å²) in [5.74, 6) is 0.823. The summed E-state index contributed by atoms with van der Waals surface area (Å²) in [6.45, 7) is 3.75. The van der Waals surface area contributed by atoms with Crippen LogP contribution >= 0.6 is 11.6 Å². The summed E-state index contributed by atoms with van der Waals surface area (Å²) in [5.41, 5.74) is 3.90. The maximum Gasteiger partial charge on any atom is 0.216 e. The second kappa shape index (κ2) is 6.14. The Morgan fingerprint density at radius 1 is 1.00 bits per heavy atom. The predicted octanol–water partition coefficient (Wildman–Crippen LogP) is 4.11. The smallest absolute Gasteiger partial charge is 0.216 e. The summed E-state index contributed by atoms with van der Waals surface area (Å²) < 4.78 is 3.67. The van der Waals surface area contributed by atoms with Gasteiger partial charge in [0.15, 0.2) is 11.3 Å². The molecule has 3 heterocycles. The van der Waals surface area contributed by atoms with Crippen molar-refractivity contribution in [2.45, 2.75) is 20.3 Å². The average molecular weight is 390 g/mol. The zero-order valence-electron chi connectivity index (χ0n) is 15.3. The van der Waals surface area contributed by atoms with E-state index in [4.69, 9.17) is 21.6 Å². The molecule has 0 atom stereocenters. The van der Waals surface area contributed by atoms with Crippen LogP contribution in [0.4, 0.5) is 0 Å². The molecule has 0 fully saturated rings. The number of imidazole rings is 1. The molecule has 2 aromatic carbocycles. The van der Waals surface area contributed by atoms with Crippen molar-refractivity contribution in [2.24, 2.45) is 0 Å². The van der Waals surface area contributed by atoms with Crippen molar-refractivity contribution in [3.63, 3.8) is 0 Å². The fourth-order valence-electron chi connectivity index (χ4n) is 3.56. The maximum atomic E-state index is 13.1. The first-order valence-corrected chi connectivity index (χ1v) is 9.42. The van der Waals surface area contributed by atoms with Crippen molar-refractivity contribution in [3.8, 4) is 5.69 Å². The van der Waals surface area contributed by atoms with Crippen LogP contribution < -0.4 is 5.43 Å². The van der Waals surface area contributed by atoms with Crippen LogP contribution in [-0.2, 0) is 6.42 Å². The molecule has 7 heteroatoms. The van der Waals surface area contributed by atoms with E-state index in [1.54, 1.807) is 23.7 Å². The summed E-state index contributed by atoms with van der Waals surface area (Å²) in [5, 5.41) is 5.60. The molecule has 0 spiro atoms. The molecule has 0 aliphatic heterocycles. The first kappa shape index (κ1) is 16.9. The minimum absolute atomic E-state index is 0.157. The van der Waals surface area contributed by atoms with Crippen LogP contribution in [0.2, 0.25) is 5.02 Å². The molecule has 5 aromatic rings. The van der Waals surface area contributed by atoms with Crippen molar-refractivity contribution < 1.29 is 0 Å². The van der Waals surface area contributed by atoms with E-state index < -0.39 is 0 Å². The van der Waals surface area contributed by atoms with Crippen LogP contribution in [0.3, 0.4) is 0 Å². The average Bonchev–Trinajstić information content (AvgIpc) is 3.10. The van der Waals surface area contributed by atoms with E-state index in [0.29, 0.717) is 33.8 Å². The number of halogens is 1. The van der Waals surface area contributed by atoms with Crippen LogP contribution in [0.5, 0.6) is 0 Å². The van der Waals surface area contributed by atoms with E-state index in [0.717, 1.165) is 22.5 Å². The van der Waals surface area contributed by atoms with Crippen molar-refractivity contribution in [1.82, 2.24) is 24.1 Å². The van der Waals surface area contributed by atoms with E-state index >= 15 is 0 Å². The molecule has 138 valence electrons. The van der Waals surface area contributed by atoms with Crippen LogP contribution in [0, 0.1) is 6.92 Å². The summed E-state index contributed by atoms with van der Waals surface area (Å²) in [4.78, 5) is 22.7. The molecule has 5 rings (SSSR count). The maximum absolute atomic E-state index is 13.1. The van der Waals surface area contributed by atoms with Gasteiger partial charge in [-0.05, 0) is 43.3 Å². The van der Waals surface area contributed by atoms with Gasteiger partial charge in [-0.2, -0.15) is 5.10 Å². The minimum Gasteiger partial charge on any atom is -0.287 e. The number of hydrogen-bond acceptors (Lipinski definition) is 4. The Morgan fingerprint density at radius 2 is 1.75 bits per heavy atom. The number of fused-ring (bicyclic) bond motifs is 5. The largest absolute Gasteiger partial charge is 0.287 e. The number of para-hydroxylation sites is 2. The molecule has 3 aromatic heterocycles. The number of aryl methyl sites for hydroxylation is 2. The number of hydrogen-bond donors (Lipinski definition) is 0. The van der Waals surface area contributed by atoms with E-state index in [1.807, 2.05) is 47.7 Å². The number of benzene rings is 2. The highest BCUT2D eigenvalue weighted by atomic mass is 35.5. The number of rotatable bonds is 2. The summed E-state index contributed by atoms with van der Waals surface area (Å²) >= 11 is 6.04. The third-order valence-electron chi connectivity index (χ3n) is 4.89. The van der Waals surface area contributed by atoms with E-state index in [2.05, 4.69) is 5.10 Å². The zero-order valence-corrected chi connectivity index (χ0v) is 16.1. The molecule has 0 radical (unpaired) electrons. The van der Waals surface area contributed by atoms with Crippen molar-refractivity contribution >= 4 is 39.3 Å². The summed E-state index contributed by atoms with van der Waals surface area (Å²) in [6.07, 6.45) is 0.690. The van der Waals surface area contributed by atoms with Gasteiger partial charge in [0.2, 0.25) is 5.43 Å². The third kappa shape index (κ3) is 2.34. The van der Waals surface area contributed by atoms with Crippen LogP contribution in [0.1, 0.15) is 18.4 Å². The molecule has 6 nitrogen and oxygen atoms in total. The minimum atomic E-state index is -0.157. The van der Waals surface area contributed by atoms with Gasteiger partial charge in [-0.1, -0.05) is 30.7 Å². The van der Waals surface area contributed by atoms with Gasteiger partial charge >= 0.3 is 0 Å². The molecule has 0 unspecified atom stereocenters. The molecule has 28 heavy (non-hydrogen) atoms. The molecule has 0 N–H and O–H groups in total. The monoisotopic (exact) mass is 389 g/mol. The van der Waals surface area contributed by atoms with Gasteiger partial charge in [0.1, 0.15) is 16.9 Å². The first-order chi connectivity index (χ1) is 13.6. The van der Waals surface area contributed by atoms with E-state index in [9.17, 15) is 4.79 Å². The summed E-state index contributed by atoms with van der Waals surface area (Å²) in [6, 6.07) is 15.1. The van der Waals surface area contributed by atoms with Gasteiger partial charge in [-0.25, -0.2) is 14.6 Å².